The van der Waals surface area contributed by atoms with Crippen LogP contribution in [0, 0.1) is 13.8 Å². The number of hydrogen-bond acceptors (Lipinski definition) is 2. The van der Waals surface area contributed by atoms with E-state index in [4.69, 9.17) is 5.11 Å². The number of rotatable bonds is 4. The van der Waals surface area contributed by atoms with Crippen molar-refractivity contribution in [1.29, 1.82) is 0 Å². The summed E-state index contributed by atoms with van der Waals surface area (Å²) in [4.78, 5) is 22.6. The first-order valence-corrected chi connectivity index (χ1v) is 6.71. The Hall–Kier alpha value is -1.56. The van der Waals surface area contributed by atoms with Gasteiger partial charge in [0.05, 0.1) is 0 Å². The number of aliphatic carboxylic acids is 1. The molecule has 3 N–H and O–H groups in total. The van der Waals surface area contributed by atoms with Crippen molar-refractivity contribution < 1.29 is 14.7 Å². The highest BCUT2D eigenvalue weighted by atomic mass is 79.9. The number of urea groups is 1. The number of anilines is 1. The largest absolute Gasteiger partial charge is 0.480 e. The van der Waals surface area contributed by atoms with Crippen molar-refractivity contribution in [2.75, 3.05) is 5.32 Å². The molecule has 0 aliphatic carbocycles. The molecular weight excluding hydrogens is 312 g/mol. The van der Waals surface area contributed by atoms with Crippen LogP contribution in [-0.2, 0) is 4.79 Å². The second-order valence-corrected chi connectivity index (χ2v) is 5.23. The summed E-state index contributed by atoms with van der Waals surface area (Å²) in [6.07, 6.45) is 0.334. The number of halogens is 1. The summed E-state index contributed by atoms with van der Waals surface area (Å²) in [5.41, 5.74) is 2.51. The minimum Gasteiger partial charge on any atom is -0.480 e. The van der Waals surface area contributed by atoms with Crippen molar-refractivity contribution in [3.05, 3.63) is 27.7 Å². The molecule has 0 aromatic heterocycles. The maximum Gasteiger partial charge on any atom is 0.326 e. The number of nitrogens with one attached hydrogen (secondary N) is 2. The Kier molecular flexibility index (Phi) is 5.35. The van der Waals surface area contributed by atoms with E-state index in [-0.39, 0.29) is 0 Å². The standard InChI is InChI=1S/C13H17BrN2O3/c1-4-10(12(17)18)15-13(19)16-11-7(2)5-9(14)6-8(11)3/h5-6,10H,4H2,1-3H3,(H,17,18)(H2,15,16,19)/t10-/m1/s1. The average Bonchev–Trinajstić information content (AvgIpc) is 2.30. The Balaban J connectivity index is 2.80. The molecule has 19 heavy (non-hydrogen) atoms. The van der Waals surface area contributed by atoms with Crippen molar-refractivity contribution in [3.63, 3.8) is 0 Å². The molecule has 0 saturated heterocycles. The fraction of sp³-hybridized carbons (Fsp3) is 0.385. The third-order valence-electron chi connectivity index (χ3n) is 2.75. The molecule has 0 heterocycles. The van der Waals surface area contributed by atoms with Gasteiger partial charge in [0.2, 0.25) is 0 Å². The molecule has 0 aliphatic heterocycles. The zero-order chi connectivity index (χ0) is 14.6. The maximum absolute atomic E-state index is 11.8. The molecule has 104 valence electrons. The van der Waals surface area contributed by atoms with E-state index in [1.54, 1.807) is 6.92 Å². The lowest BCUT2D eigenvalue weighted by molar-refractivity contribution is -0.139. The number of carbonyl (C=O) groups is 2. The predicted octanol–water partition coefficient (Wildman–Crippen LogP) is 3.05. The normalized spacial score (nSPS) is 11.8. The minimum absolute atomic E-state index is 0.334. The van der Waals surface area contributed by atoms with E-state index in [0.29, 0.717) is 12.1 Å². The van der Waals surface area contributed by atoms with Crippen molar-refractivity contribution in [1.82, 2.24) is 5.32 Å². The third kappa shape index (κ3) is 4.24. The molecule has 0 radical (unpaired) electrons. The molecule has 0 spiro atoms. The van der Waals surface area contributed by atoms with E-state index in [9.17, 15) is 9.59 Å². The molecule has 1 aromatic carbocycles. The molecule has 0 fully saturated rings. The van der Waals surface area contributed by atoms with E-state index in [2.05, 4.69) is 26.6 Å². The Morgan fingerprint density at radius 2 is 1.84 bits per heavy atom. The molecule has 1 rings (SSSR count). The second kappa shape index (κ2) is 6.56. The maximum atomic E-state index is 11.8. The molecule has 0 unspecified atom stereocenters. The van der Waals surface area contributed by atoms with Crippen LogP contribution in [0.2, 0.25) is 0 Å². The van der Waals surface area contributed by atoms with Crippen LogP contribution in [-0.4, -0.2) is 23.1 Å². The molecule has 0 saturated carbocycles. The first-order valence-electron chi connectivity index (χ1n) is 5.92. The van der Waals surface area contributed by atoms with Crippen LogP contribution in [0.4, 0.5) is 10.5 Å². The summed E-state index contributed by atoms with van der Waals surface area (Å²) in [6.45, 7) is 5.46. The van der Waals surface area contributed by atoms with Gasteiger partial charge in [0.1, 0.15) is 6.04 Å². The lowest BCUT2D eigenvalue weighted by Gasteiger charge is -2.16. The summed E-state index contributed by atoms with van der Waals surface area (Å²) < 4.78 is 0.936. The molecule has 2 amide bonds. The topological polar surface area (TPSA) is 78.4 Å². The Labute approximate surface area is 120 Å². The van der Waals surface area contributed by atoms with Gasteiger partial charge in [0, 0.05) is 10.2 Å². The summed E-state index contributed by atoms with van der Waals surface area (Å²) in [6, 6.07) is 2.38. The lowest BCUT2D eigenvalue weighted by Crippen LogP contribution is -2.42. The Morgan fingerprint density at radius 3 is 2.26 bits per heavy atom. The first-order chi connectivity index (χ1) is 8.85. The number of amides is 2. The SMILES string of the molecule is CC[C@@H](NC(=O)Nc1c(C)cc(Br)cc1C)C(=O)O. The monoisotopic (exact) mass is 328 g/mol. The minimum atomic E-state index is -1.04. The highest BCUT2D eigenvalue weighted by molar-refractivity contribution is 9.10. The highest BCUT2D eigenvalue weighted by Crippen LogP contribution is 2.24. The van der Waals surface area contributed by atoms with Crippen LogP contribution in [0.15, 0.2) is 16.6 Å². The van der Waals surface area contributed by atoms with Gasteiger partial charge in [-0.2, -0.15) is 0 Å². The van der Waals surface area contributed by atoms with Crippen molar-refractivity contribution >= 4 is 33.6 Å². The predicted molar refractivity (Wildman–Crippen MR) is 77.5 cm³/mol. The number of carboxylic acids is 1. The number of carbonyl (C=O) groups excluding carboxylic acids is 1. The van der Waals surface area contributed by atoms with Gasteiger partial charge >= 0.3 is 12.0 Å². The third-order valence-corrected chi connectivity index (χ3v) is 3.21. The average molecular weight is 329 g/mol. The van der Waals surface area contributed by atoms with Crippen LogP contribution in [0.25, 0.3) is 0 Å². The first kappa shape index (κ1) is 15.5. The van der Waals surface area contributed by atoms with E-state index in [1.807, 2.05) is 26.0 Å². The molecule has 5 nitrogen and oxygen atoms in total. The molecule has 0 bridgehead atoms. The molecule has 6 heteroatoms. The van der Waals surface area contributed by atoms with Crippen LogP contribution in [0.3, 0.4) is 0 Å². The summed E-state index contributed by atoms with van der Waals surface area (Å²) in [5, 5.41) is 14.0. The van der Waals surface area contributed by atoms with Crippen LogP contribution < -0.4 is 10.6 Å². The molecule has 1 aromatic rings. The Bertz CT molecular complexity index is 480. The smallest absolute Gasteiger partial charge is 0.326 e. The zero-order valence-corrected chi connectivity index (χ0v) is 12.7. The van der Waals surface area contributed by atoms with Gasteiger partial charge in [-0.15, -0.1) is 0 Å². The van der Waals surface area contributed by atoms with E-state index in [0.717, 1.165) is 15.6 Å². The molecular formula is C13H17BrN2O3. The number of hydrogen-bond donors (Lipinski definition) is 3. The van der Waals surface area contributed by atoms with Crippen molar-refractivity contribution in [2.24, 2.45) is 0 Å². The van der Waals surface area contributed by atoms with Gasteiger partial charge in [-0.3, -0.25) is 0 Å². The van der Waals surface area contributed by atoms with Crippen LogP contribution >= 0.6 is 15.9 Å². The van der Waals surface area contributed by atoms with Crippen molar-refractivity contribution in [2.45, 2.75) is 33.2 Å². The second-order valence-electron chi connectivity index (χ2n) is 4.31. The van der Waals surface area contributed by atoms with Gasteiger partial charge in [-0.25, -0.2) is 9.59 Å². The van der Waals surface area contributed by atoms with Gasteiger partial charge in [0.25, 0.3) is 0 Å². The van der Waals surface area contributed by atoms with Gasteiger partial charge in [-0.1, -0.05) is 22.9 Å². The van der Waals surface area contributed by atoms with Gasteiger partial charge < -0.3 is 15.7 Å². The van der Waals surface area contributed by atoms with Gasteiger partial charge in [-0.05, 0) is 43.5 Å². The molecule has 0 aliphatic rings. The number of carboxylic acid groups (broad SMARTS) is 1. The zero-order valence-electron chi connectivity index (χ0n) is 11.1. The van der Waals surface area contributed by atoms with Gasteiger partial charge in [0.15, 0.2) is 0 Å². The highest BCUT2D eigenvalue weighted by Gasteiger charge is 2.18. The summed E-state index contributed by atoms with van der Waals surface area (Å²) in [7, 11) is 0. The summed E-state index contributed by atoms with van der Waals surface area (Å²) >= 11 is 3.38. The van der Waals surface area contributed by atoms with E-state index >= 15 is 0 Å². The number of benzene rings is 1. The molecule has 1 atom stereocenters. The Morgan fingerprint density at radius 1 is 1.32 bits per heavy atom. The number of aryl methyl sites for hydroxylation is 2. The fourth-order valence-electron chi connectivity index (χ4n) is 1.75. The lowest BCUT2D eigenvalue weighted by atomic mass is 10.1. The van der Waals surface area contributed by atoms with Crippen molar-refractivity contribution in [3.8, 4) is 0 Å². The summed E-state index contributed by atoms with van der Waals surface area (Å²) in [5.74, 6) is -1.04. The van der Waals surface area contributed by atoms with E-state index in [1.165, 1.54) is 0 Å². The van der Waals surface area contributed by atoms with Crippen LogP contribution in [0.5, 0.6) is 0 Å². The van der Waals surface area contributed by atoms with Crippen LogP contribution in [0.1, 0.15) is 24.5 Å². The fourth-order valence-corrected chi connectivity index (χ4v) is 2.44. The van der Waals surface area contributed by atoms with E-state index < -0.39 is 18.0 Å². The quantitative estimate of drug-likeness (QED) is 0.794.